The van der Waals surface area contributed by atoms with E-state index in [1.807, 2.05) is 60.7 Å². The molecule has 1 amide bonds. The van der Waals surface area contributed by atoms with E-state index in [0.29, 0.717) is 0 Å². The van der Waals surface area contributed by atoms with Crippen LogP contribution < -0.4 is 0 Å². The molecule has 0 saturated heterocycles. The molecule has 0 aliphatic rings. The normalized spacial score (nSPS) is 11.4. The Labute approximate surface area is 171 Å². The predicted octanol–water partition coefficient (Wildman–Crippen LogP) is 3.35. The molecule has 154 valence electrons. The van der Waals surface area contributed by atoms with Crippen LogP contribution in [-0.2, 0) is 37.0 Å². The first-order valence-electron chi connectivity index (χ1n) is 9.67. The third kappa shape index (κ3) is 7.78. The summed E-state index contributed by atoms with van der Waals surface area (Å²) in [4.78, 5) is 38.4. The topological polar surface area (TPSA) is 72.9 Å². The molecule has 0 saturated carbocycles. The van der Waals surface area contributed by atoms with Gasteiger partial charge in [0.15, 0.2) is 0 Å². The Balaban J connectivity index is 1.96. The first-order valence-corrected chi connectivity index (χ1v) is 9.67. The number of esters is 2. The largest absolute Gasteiger partial charge is 0.465 e. The monoisotopic (exact) mass is 397 g/mol. The highest BCUT2D eigenvalue weighted by Gasteiger charge is 2.25. The van der Waals surface area contributed by atoms with Gasteiger partial charge in [-0.25, -0.2) is 0 Å². The lowest BCUT2D eigenvalue weighted by molar-refractivity contribution is -0.153. The van der Waals surface area contributed by atoms with Crippen LogP contribution in [0.4, 0.5) is 0 Å². The highest BCUT2D eigenvalue weighted by Crippen LogP contribution is 2.13. The molecular formula is C23H27NO5. The van der Waals surface area contributed by atoms with E-state index in [9.17, 15) is 14.4 Å². The van der Waals surface area contributed by atoms with Crippen molar-refractivity contribution in [2.45, 2.75) is 33.4 Å². The van der Waals surface area contributed by atoms with Crippen LogP contribution in [0.1, 0.15) is 31.4 Å². The van der Waals surface area contributed by atoms with Crippen molar-refractivity contribution >= 4 is 17.8 Å². The van der Waals surface area contributed by atoms with Crippen LogP contribution in [0, 0.1) is 5.92 Å². The van der Waals surface area contributed by atoms with E-state index >= 15 is 0 Å². The minimum absolute atomic E-state index is 0.0558. The van der Waals surface area contributed by atoms with Crippen LogP contribution in [-0.4, -0.2) is 35.9 Å². The highest BCUT2D eigenvalue weighted by molar-refractivity contribution is 5.86. The van der Waals surface area contributed by atoms with E-state index in [1.165, 1.54) is 4.90 Å². The molecule has 1 atom stereocenters. The quantitative estimate of drug-likeness (QED) is 0.575. The van der Waals surface area contributed by atoms with Crippen molar-refractivity contribution < 1.29 is 23.9 Å². The molecule has 0 aromatic heterocycles. The third-order valence-corrected chi connectivity index (χ3v) is 4.29. The van der Waals surface area contributed by atoms with E-state index < -0.39 is 17.9 Å². The number of rotatable bonds is 10. The van der Waals surface area contributed by atoms with Crippen LogP contribution in [0.3, 0.4) is 0 Å². The molecule has 0 aliphatic carbocycles. The number of carbonyl (C=O) groups is 3. The summed E-state index contributed by atoms with van der Waals surface area (Å²) in [5, 5.41) is 0. The maximum atomic E-state index is 12.9. The van der Waals surface area contributed by atoms with Crippen molar-refractivity contribution in [3.8, 4) is 0 Å². The van der Waals surface area contributed by atoms with Crippen molar-refractivity contribution in [3.05, 3.63) is 71.8 Å². The minimum Gasteiger partial charge on any atom is -0.465 e. The summed E-state index contributed by atoms with van der Waals surface area (Å²) in [6.07, 6.45) is -0.0558. The summed E-state index contributed by atoms with van der Waals surface area (Å²) in [6, 6.07) is 18.7. The molecule has 0 spiro atoms. The Morgan fingerprint density at radius 1 is 0.862 bits per heavy atom. The van der Waals surface area contributed by atoms with Crippen LogP contribution in [0.5, 0.6) is 0 Å². The number of hydrogen-bond donors (Lipinski definition) is 0. The molecule has 2 aromatic rings. The first kappa shape index (κ1) is 22.1. The van der Waals surface area contributed by atoms with Gasteiger partial charge in [-0.15, -0.1) is 0 Å². The predicted molar refractivity (Wildman–Crippen MR) is 109 cm³/mol. The number of carbonyl (C=O) groups excluding carboxylic acids is 3. The van der Waals surface area contributed by atoms with Crippen molar-refractivity contribution in [2.24, 2.45) is 5.92 Å². The Morgan fingerprint density at radius 2 is 1.45 bits per heavy atom. The van der Waals surface area contributed by atoms with Crippen molar-refractivity contribution in [1.82, 2.24) is 4.90 Å². The van der Waals surface area contributed by atoms with Crippen LogP contribution in [0.15, 0.2) is 60.7 Å². The van der Waals surface area contributed by atoms with Gasteiger partial charge in [0.1, 0.15) is 13.2 Å². The second-order valence-corrected chi connectivity index (χ2v) is 6.74. The number of benzene rings is 2. The van der Waals surface area contributed by atoms with Gasteiger partial charge < -0.3 is 14.4 Å². The SMILES string of the molecule is CCOC(=O)CN(Cc1ccccc1)C(=O)C(C)CC(=O)OCc1ccccc1. The van der Waals surface area contributed by atoms with Gasteiger partial charge in [0.2, 0.25) is 5.91 Å². The van der Waals surface area contributed by atoms with E-state index in [-0.39, 0.29) is 38.6 Å². The fourth-order valence-corrected chi connectivity index (χ4v) is 2.82. The van der Waals surface area contributed by atoms with Crippen molar-refractivity contribution in [3.63, 3.8) is 0 Å². The lowest BCUT2D eigenvalue weighted by Gasteiger charge is -2.25. The van der Waals surface area contributed by atoms with Gasteiger partial charge in [0, 0.05) is 12.5 Å². The molecule has 0 heterocycles. The minimum atomic E-state index is -0.614. The summed E-state index contributed by atoms with van der Waals surface area (Å²) >= 11 is 0. The second kappa shape index (κ2) is 11.6. The van der Waals surface area contributed by atoms with E-state index in [1.54, 1.807) is 13.8 Å². The molecule has 0 aliphatic heterocycles. The zero-order valence-corrected chi connectivity index (χ0v) is 16.9. The molecule has 0 fully saturated rings. The smallest absolute Gasteiger partial charge is 0.325 e. The molecule has 0 bridgehead atoms. The molecule has 29 heavy (non-hydrogen) atoms. The summed E-state index contributed by atoms with van der Waals surface area (Å²) < 4.78 is 10.2. The maximum Gasteiger partial charge on any atom is 0.325 e. The molecule has 0 radical (unpaired) electrons. The van der Waals surface area contributed by atoms with Gasteiger partial charge >= 0.3 is 11.9 Å². The number of amides is 1. The second-order valence-electron chi connectivity index (χ2n) is 6.74. The molecular weight excluding hydrogens is 370 g/mol. The Hall–Kier alpha value is -3.15. The molecule has 0 N–H and O–H groups in total. The third-order valence-electron chi connectivity index (χ3n) is 4.29. The van der Waals surface area contributed by atoms with Gasteiger partial charge in [-0.3, -0.25) is 14.4 Å². The number of nitrogens with zero attached hydrogens (tertiary/aromatic N) is 1. The Morgan fingerprint density at radius 3 is 2.03 bits per heavy atom. The number of ether oxygens (including phenoxy) is 2. The van der Waals surface area contributed by atoms with Gasteiger partial charge in [-0.2, -0.15) is 0 Å². The van der Waals surface area contributed by atoms with Gasteiger partial charge in [-0.05, 0) is 18.1 Å². The van der Waals surface area contributed by atoms with Gasteiger partial charge in [-0.1, -0.05) is 67.6 Å². The molecule has 1 unspecified atom stereocenters. The molecule has 6 nitrogen and oxygen atoms in total. The van der Waals surface area contributed by atoms with Gasteiger partial charge in [0.25, 0.3) is 0 Å². The van der Waals surface area contributed by atoms with Gasteiger partial charge in [0.05, 0.1) is 13.0 Å². The fourth-order valence-electron chi connectivity index (χ4n) is 2.82. The summed E-state index contributed by atoms with van der Waals surface area (Å²) in [7, 11) is 0. The lowest BCUT2D eigenvalue weighted by atomic mass is 10.1. The summed E-state index contributed by atoms with van der Waals surface area (Å²) in [6.45, 7) is 3.89. The van der Waals surface area contributed by atoms with Crippen LogP contribution in [0.2, 0.25) is 0 Å². The zero-order valence-electron chi connectivity index (χ0n) is 16.9. The summed E-state index contributed by atoms with van der Waals surface area (Å²) in [5.74, 6) is -1.84. The standard InChI is InChI=1S/C23H27NO5/c1-3-28-22(26)16-24(15-19-10-6-4-7-11-19)23(27)18(2)14-21(25)29-17-20-12-8-5-9-13-20/h4-13,18H,3,14-17H2,1-2H3. The highest BCUT2D eigenvalue weighted by atomic mass is 16.5. The fraction of sp³-hybridized carbons (Fsp3) is 0.348. The Bertz CT molecular complexity index is 791. The first-order chi connectivity index (χ1) is 14.0. The van der Waals surface area contributed by atoms with E-state index in [2.05, 4.69) is 0 Å². The van der Waals surface area contributed by atoms with Crippen LogP contribution >= 0.6 is 0 Å². The Kier molecular flexibility index (Phi) is 8.89. The molecule has 2 aromatic carbocycles. The van der Waals surface area contributed by atoms with Crippen molar-refractivity contribution in [1.29, 1.82) is 0 Å². The zero-order chi connectivity index (χ0) is 21.1. The maximum absolute atomic E-state index is 12.9. The average molecular weight is 397 g/mol. The van der Waals surface area contributed by atoms with E-state index in [0.717, 1.165) is 11.1 Å². The number of hydrogen-bond acceptors (Lipinski definition) is 5. The van der Waals surface area contributed by atoms with Crippen LogP contribution in [0.25, 0.3) is 0 Å². The molecule has 2 rings (SSSR count). The average Bonchev–Trinajstić information content (AvgIpc) is 2.73. The summed E-state index contributed by atoms with van der Waals surface area (Å²) in [5.41, 5.74) is 1.77. The van der Waals surface area contributed by atoms with Crippen molar-refractivity contribution in [2.75, 3.05) is 13.2 Å². The molecule has 6 heteroatoms. The van der Waals surface area contributed by atoms with E-state index in [4.69, 9.17) is 9.47 Å². The lowest BCUT2D eigenvalue weighted by Crippen LogP contribution is -2.39.